The first-order valence-electron chi connectivity index (χ1n) is 8.23. The van der Waals surface area contributed by atoms with Crippen molar-refractivity contribution in [3.8, 4) is 0 Å². The van der Waals surface area contributed by atoms with Crippen molar-refractivity contribution < 1.29 is 33.5 Å². The average molecular weight is 348 g/mol. The summed E-state index contributed by atoms with van der Waals surface area (Å²) in [6, 6.07) is 0. The van der Waals surface area contributed by atoms with Gasteiger partial charge >= 0.3 is 5.97 Å². The van der Waals surface area contributed by atoms with Crippen molar-refractivity contribution >= 4 is 29.6 Å². The van der Waals surface area contributed by atoms with Gasteiger partial charge in [0.15, 0.2) is 0 Å². The Morgan fingerprint density at radius 1 is 1.04 bits per heavy atom. The maximum Gasteiger partial charge on any atom is 0.333 e. The number of carbonyl (C=O) groups is 5. The zero-order chi connectivity index (χ0) is 17.7. The van der Waals surface area contributed by atoms with E-state index in [1.165, 1.54) is 4.90 Å². The predicted molar refractivity (Wildman–Crippen MR) is 77.9 cm³/mol. The molecule has 4 aliphatic rings. The van der Waals surface area contributed by atoms with Crippen molar-refractivity contribution in [3.05, 3.63) is 12.2 Å². The second kappa shape index (κ2) is 5.76. The van der Waals surface area contributed by atoms with Crippen molar-refractivity contribution in [2.45, 2.75) is 37.9 Å². The molecule has 3 saturated heterocycles. The summed E-state index contributed by atoms with van der Waals surface area (Å²) in [6.07, 6.45) is 3.10. The SMILES string of the molecule is O=C(CCCN1C(=O)[C@@H]2[C@H](C1=O)[C@@H]1C=C[C@H]2O1)ON1C(=O)CCC1=O. The van der Waals surface area contributed by atoms with Crippen LogP contribution in [-0.4, -0.2) is 58.3 Å². The molecule has 9 heteroatoms. The second-order valence-corrected chi connectivity index (χ2v) is 6.48. The van der Waals surface area contributed by atoms with Crippen molar-refractivity contribution in [2.24, 2.45) is 11.8 Å². The molecule has 4 amide bonds. The van der Waals surface area contributed by atoms with Crippen LogP contribution in [0.4, 0.5) is 0 Å². The Morgan fingerprint density at radius 3 is 2.16 bits per heavy atom. The van der Waals surface area contributed by atoms with E-state index in [0.29, 0.717) is 5.06 Å². The van der Waals surface area contributed by atoms with Crippen LogP contribution in [0.2, 0.25) is 0 Å². The van der Waals surface area contributed by atoms with Gasteiger partial charge < -0.3 is 9.57 Å². The van der Waals surface area contributed by atoms with Gasteiger partial charge in [-0.2, -0.15) is 0 Å². The monoisotopic (exact) mass is 348 g/mol. The number of ether oxygens (including phenoxy) is 1. The molecule has 0 saturated carbocycles. The van der Waals surface area contributed by atoms with Crippen LogP contribution in [0.5, 0.6) is 0 Å². The molecule has 0 spiro atoms. The molecule has 9 nitrogen and oxygen atoms in total. The van der Waals surface area contributed by atoms with E-state index >= 15 is 0 Å². The lowest BCUT2D eigenvalue weighted by Crippen LogP contribution is -2.36. The number of likely N-dealkylation sites (tertiary alicyclic amines) is 1. The minimum atomic E-state index is -0.743. The number of hydrogen-bond acceptors (Lipinski definition) is 7. The summed E-state index contributed by atoms with van der Waals surface area (Å²) in [7, 11) is 0. The van der Waals surface area contributed by atoms with Gasteiger partial charge in [-0.25, -0.2) is 4.79 Å². The molecule has 0 aromatic carbocycles. The lowest BCUT2D eigenvalue weighted by atomic mass is 9.85. The van der Waals surface area contributed by atoms with Gasteiger partial charge in [0, 0.05) is 25.8 Å². The van der Waals surface area contributed by atoms with Crippen LogP contribution < -0.4 is 0 Å². The molecule has 4 aliphatic heterocycles. The van der Waals surface area contributed by atoms with Gasteiger partial charge in [0.2, 0.25) is 11.8 Å². The van der Waals surface area contributed by atoms with Gasteiger partial charge in [-0.05, 0) is 6.42 Å². The average Bonchev–Trinajstić information content (AvgIpc) is 3.32. The summed E-state index contributed by atoms with van der Waals surface area (Å²) in [5.74, 6) is -3.30. The van der Waals surface area contributed by atoms with E-state index in [0.717, 1.165) is 0 Å². The lowest BCUT2D eigenvalue weighted by molar-refractivity contribution is -0.197. The molecule has 2 bridgehead atoms. The summed E-state index contributed by atoms with van der Waals surface area (Å²) >= 11 is 0. The number of nitrogens with zero attached hydrogens (tertiary/aromatic N) is 2. The first-order valence-corrected chi connectivity index (χ1v) is 8.23. The number of imide groups is 2. The standard InChI is InChI=1S/C16H16N2O7/c19-10-5-6-11(20)18(10)25-12(21)2-1-7-17-15(22)13-8-3-4-9(24-8)14(13)16(17)23/h3-4,8-9,13-14H,1-2,5-7H2/t8-,9+,13+,14-. The fraction of sp³-hybridized carbons (Fsp3) is 0.562. The molecule has 4 rings (SSSR count). The zero-order valence-electron chi connectivity index (χ0n) is 13.3. The van der Waals surface area contributed by atoms with E-state index in [1.807, 2.05) is 12.2 Å². The molecular formula is C16H16N2O7. The summed E-state index contributed by atoms with van der Waals surface area (Å²) in [4.78, 5) is 65.2. The molecular weight excluding hydrogens is 332 g/mol. The third-order valence-corrected chi connectivity index (χ3v) is 4.96. The van der Waals surface area contributed by atoms with E-state index < -0.39 is 29.6 Å². The number of rotatable bonds is 5. The minimum absolute atomic E-state index is 0.0319. The molecule has 0 aliphatic carbocycles. The number of carbonyl (C=O) groups excluding carboxylic acids is 5. The number of hydrogen-bond donors (Lipinski definition) is 0. The number of hydroxylamine groups is 2. The molecule has 0 aromatic rings. The van der Waals surface area contributed by atoms with Crippen molar-refractivity contribution in [2.75, 3.05) is 6.54 Å². The van der Waals surface area contributed by atoms with E-state index in [9.17, 15) is 24.0 Å². The van der Waals surface area contributed by atoms with Crippen LogP contribution in [-0.2, 0) is 33.5 Å². The molecule has 25 heavy (non-hydrogen) atoms. The molecule has 0 unspecified atom stereocenters. The molecule has 0 N–H and O–H groups in total. The normalized spacial score (nSPS) is 33.0. The second-order valence-electron chi connectivity index (χ2n) is 6.48. The highest BCUT2D eigenvalue weighted by Crippen LogP contribution is 2.45. The number of amides is 4. The minimum Gasteiger partial charge on any atom is -0.365 e. The fourth-order valence-electron chi connectivity index (χ4n) is 3.77. The van der Waals surface area contributed by atoms with Gasteiger partial charge in [0.05, 0.1) is 24.0 Å². The summed E-state index contributed by atoms with van der Waals surface area (Å²) in [5.41, 5.74) is 0. The Balaban J connectivity index is 1.29. The first-order chi connectivity index (χ1) is 12.0. The van der Waals surface area contributed by atoms with E-state index in [-0.39, 0.29) is 56.3 Å². The van der Waals surface area contributed by atoms with Gasteiger partial charge in [-0.3, -0.25) is 24.1 Å². The van der Waals surface area contributed by atoms with Crippen molar-refractivity contribution in [1.82, 2.24) is 9.96 Å². The van der Waals surface area contributed by atoms with Crippen LogP contribution in [0.25, 0.3) is 0 Å². The number of fused-ring (bicyclic) bond motifs is 5. The summed E-state index contributed by atoms with van der Waals surface area (Å²) < 4.78 is 5.54. The molecule has 0 aromatic heterocycles. The summed E-state index contributed by atoms with van der Waals surface area (Å²) in [5, 5.41) is 0.486. The maximum absolute atomic E-state index is 12.4. The zero-order valence-corrected chi connectivity index (χ0v) is 13.3. The highest BCUT2D eigenvalue weighted by Gasteiger charge is 2.60. The maximum atomic E-state index is 12.4. The Kier molecular flexibility index (Phi) is 3.68. The third kappa shape index (κ3) is 2.46. The van der Waals surface area contributed by atoms with Crippen LogP contribution in [0.1, 0.15) is 25.7 Å². The van der Waals surface area contributed by atoms with Crippen molar-refractivity contribution in [3.63, 3.8) is 0 Å². The van der Waals surface area contributed by atoms with Crippen LogP contribution in [0.15, 0.2) is 12.2 Å². The molecule has 4 heterocycles. The quantitative estimate of drug-likeness (QED) is 0.478. The smallest absolute Gasteiger partial charge is 0.333 e. The summed E-state index contributed by atoms with van der Waals surface area (Å²) in [6.45, 7) is 0.0983. The van der Waals surface area contributed by atoms with E-state index in [2.05, 4.69) is 0 Å². The van der Waals surface area contributed by atoms with Gasteiger partial charge in [-0.15, -0.1) is 5.06 Å². The Morgan fingerprint density at radius 2 is 1.60 bits per heavy atom. The van der Waals surface area contributed by atoms with Crippen LogP contribution in [0.3, 0.4) is 0 Å². The Labute approximate surface area is 142 Å². The Hall–Kier alpha value is -2.55. The van der Waals surface area contributed by atoms with E-state index in [4.69, 9.17) is 9.57 Å². The van der Waals surface area contributed by atoms with Gasteiger partial charge in [0.1, 0.15) is 0 Å². The first kappa shape index (κ1) is 15.9. The molecule has 3 fully saturated rings. The van der Waals surface area contributed by atoms with Crippen molar-refractivity contribution in [1.29, 1.82) is 0 Å². The predicted octanol–water partition coefficient (Wildman–Crippen LogP) is -0.688. The van der Waals surface area contributed by atoms with Crippen LogP contribution >= 0.6 is 0 Å². The largest absolute Gasteiger partial charge is 0.365 e. The molecule has 132 valence electrons. The van der Waals surface area contributed by atoms with Gasteiger partial charge in [-0.1, -0.05) is 12.2 Å². The van der Waals surface area contributed by atoms with Crippen LogP contribution in [0, 0.1) is 11.8 Å². The van der Waals surface area contributed by atoms with E-state index in [1.54, 1.807) is 0 Å². The topological polar surface area (TPSA) is 110 Å². The lowest BCUT2D eigenvalue weighted by Gasteiger charge is -2.17. The molecule has 0 radical (unpaired) electrons. The van der Waals surface area contributed by atoms with Gasteiger partial charge in [0.25, 0.3) is 11.8 Å². The Bertz CT molecular complexity index is 669. The highest BCUT2D eigenvalue weighted by molar-refractivity contribution is 6.06. The highest BCUT2D eigenvalue weighted by atomic mass is 16.7. The third-order valence-electron chi connectivity index (χ3n) is 4.96. The fourth-order valence-corrected chi connectivity index (χ4v) is 3.77. The molecule has 4 atom stereocenters.